The van der Waals surface area contributed by atoms with Crippen molar-refractivity contribution in [2.75, 3.05) is 13.6 Å². The normalized spacial score (nSPS) is 26.5. The first-order valence-corrected chi connectivity index (χ1v) is 5.60. The zero-order chi connectivity index (χ0) is 10.9. The lowest BCUT2D eigenvalue weighted by atomic mass is 9.87. The van der Waals surface area contributed by atoms with Crippen LogP contribution in [0.5, 0.6) is 0 Å². The van der Waals surface area contributed by atoms with Crippen molar-refractivity contribution in [1.82, 2.24) is 4.90 Å². The van der Waals surface area contributed by atoms with E-state index in [1.54, 1.807) is 0 Å². The average molecular weight is 205 g/mol. The van der Waals surface area contributed by atoms with Gasteiger partial charge in [-0.15, -0.1) is 0 Å². The summed E-state index contributed by atoms with van der Waals surface area (Å²) in [5.41, 5.74) is 0.288. The second-order valence-corrected chi connectivity index (χ2v) is 4.65. The molecule has 1 aromatic rings. The van der Waals surface area contributed by atoms with Gasteiger partial charge in [-0.3, -0.25) is 0 Å². The van der Waals surface area contributed by atoms with Crippen LogP contribution in [0, 0.1) is 0 Å². The highest BCUT2D eigenvalue weighted by atomic mass is 16.3. The molecule has 15 heavy (non-hydrogen) atoms. The van der Waals surface area contributed by atoms with Gasteiger partial charge in [0.2, 0.25) is 0 Å². The van der Waals surface area contributed by atoms with E-state index in [1.165, 1.54) is 6.42 Å². The molecular weight excluding hydrogens is 186 g/mol. The number of aliphatic hydroxyl groups is 1. The number of hydrogen-bond acceptors (Lipinski definition) is 2. The highest BCUT2D eigenvalue weighted by Crippen LogP contribution is 2.33. The minimum Gasteiger partial charge on any atom is -0.384 e. The Hall–Kier alpha value is -0.860. The van der Waals surface area contributed by atoms with Crippen LogP contribution >= 0.6 is 0 Å². The van der Waals surface area contributed by atoms with Gasteiger partial charge >= 0.3 is 0 Å². The summed E-state index contributed by atoms with van der Waals surface area (Å²) in [5.74, 6) is 0. The molecule has 1 fully saturated rings. The third kappa shape index (κ3) is 1.92. The summed E-state index contributed by atoms with van der Waals surface area (Å²) in [7, 11) is 2.09. The monoisotopic (exact) mass is 205 g/mol. The highest BCUT2D eigenvalue weighted by Gasteiger charge is 2.38. The number of likely N-dealkylation sites (tertiary alicyclic amines) is 1. The Balaban J connectivity index is 2.26. The lowest BCUT2D eigenvalue weighted by Crippen LogP contribution is -2.43. The second kappa shape index (κ2) is 3.95. The van der Waals surface area contributed by atoms with Gasteiger partial charge in [0, 0.05) is 6.04 Å². The molecular formula is C13H19NO. The molecule has 0 radical (unpaired) electrons. The third-order valence-electron chi connectivity index (χ3n) is 3.53. The molecule has 1 aliphatic rings. The molecule has 0 spiro atoms. The van der Waals surface area contributed by atoms with E-state index < -0.39 is 5.60 Å². The minimum atomic E-state index is -0.730. The number of benzene rings is 1. The van der Waals surface area contributed by atoms with Gasteiger partial charge in [-0.1, -0.05) is 30.3 Å². The third-order valence-corrected chi connectivity index (χ3v) is 3.53. The Morgan fingerprint density at radius 2 is 2.00 bits per heavy atom. The summed E-state index contributed by atoms with van der Waals surface area (Å²) in [6, 6.07) is 10.2. The molecule has 1 aromatic carbocycles. The van der Waals surface area contributed by atoms with E-state index in [1.807, 2.05) is 37.3 Å². The van der Waals surface area contributed by atoms with Crippen LogP contribution in [0.4, 0.5) is 0 Å². The zero-order valence-corrected chi connectivity index (χ0v) is 9.48. The van der Waals surface area contributed by atoms with E-state index in [0.717, 1.165) is 18.5 Å². The Kier molecular flexibility index (Phi) is 2.81. The second-order valence-electron chi connectivity index (χ2n) is 4.65. The lowest BCUT2D eigenvalue weighted by Gasteiger charge is -2.35. The molecule has 1 N–H and O–H groups in total. The van der Waals surface area contributed by atoms with E-state index in [9.17, 15) is 5.11 Å². The van der Waals surface area contributed by atoms with E-state index >= 15 is 0 Å². The Morgan fingerprint density at radius 1 is 1.33 bits per heavy atom. The number of hydrogen-bond donors (Lipinski definition) is 1. The molecule has 0 bridgehead atoms. The molecule has 1 heterocycles. The summed E-state index contributed by atoms with van der Waals surface area (Å²) in [6.45, 7) is 3.02. The van der Waals surface area contributed by atoms with Crippen LogP contribution in [0.1, 0.15) is 25.3 Å². The van der Waals surface area contributed by atoms with Gasteiger partial charge in [-0.25, -0.2) is 0 Å². The molecule has 0 unspecified atom stereocenters. The Morgan fingerprint density at radius 3 is 2.53 bits per heavy atom. The van der Waals surface area contributed by atoms with Crippen molar-refractivity contribution in [2.24, 2.45) is 0 Å². The van der Waals surface area contributed by atoms with Crippen LogP contribution in [0.3, 0.4) is 0 Å². The zero-order valence-electron chi connectivity index (χ0n) is 9.48. The van der Waals surface area contributed by atoms with Gasteiger partial charge in [-0.2, -0.15) is 0 Å². The van der Waals surface area contributed by atoms with Gasteiger partial charge < -0.3 is 10.0 Å². The van der Waals surface area contributed by atoms with Crippen molar-refractivity contribution >= 4 is 0 Å². The van der Waals surface area contributed by atoms with Gasteiger partial charge in [0.1, 0.15) is 5.60 Å². The summed E-state index contributed by atoms with van der Waals surface area (Å²) in [6.07, 6.45) is 2.27. The maximum atomic E-state index is 10.6. The fourth-order valence-corrected chi connectivity index (χ4v) is 2.59. The molecule has 0 aliphatic carbocycles. The molecule has 1 saturated heterocycles. The van der Waals surface area contributed by atoms with Crippen molar-refractivity contribution in [2.45, 2.75) is 31.4 Å². The molecule has 2 nitrogen and oxygen atoms in total. The Labute approximate surface area is 91.5 Å². The minimum absolute atomic E-state index is 0.250. The van der Waals surface area contributed by atoms with Crippen molar-refractivity contribution in [3.8, 4) is 0 Å². The largest absolute Gasteiger partial charge is 0.384 e. The van der Waals surface area contributed by atoms with Crippen LogP contribution in [0.2, 0.25) is 0 Å². The molecule has 2 rings (SSSR count). The first-order valence-electron chi connectivity index (χ1n) is 5.60. The van der Waals surface area contributed by atoms with E-state index in [-0.39, 0.29) is 6.04 Å². The Bertz CT molecular complexity index is 321. The van der Waals surface area contributed by atoms with Crippen LogP contribution < -0.4 is 0 Å². The standard InChI is InChI=1S/C13H19NO/c1-13(15,11-7-4-3-5-8-11)12-9-6-10-14(12)2/h3-5,7-8,12,15H,6,9-10H2,1-2H3/t12-,13+/m0/s1. The molecule has 2 heteroatoms. The molecule has 0 aromatic heterocycles. The fraction of sp³-hybridized carbons (Fsp3) is 0.538. The highest BCUT2D eigenvalue weighted by molar-refractivity contribution is 5.23. The summed E-state index contributed by atoms with van der Waals surface area (Å²) in [4.78, 5) is 2.26. The first-order chi connectivity index (χ1) is 7.12. The molecule has 82 valence electrons. The van der Waals surface area contributed by atoms with Crippen molar-refractivity contribution in [1.29, 1.82) is 0 Å². The van der Waals surface area contributed by atoms with Crippen LogP contribution in [-0.4, -0.2) is 29.6 Å². The number of likely N-dealkylation sites (N-methyl/N-ethyl adjacent to an activating group) is 1. The van der Waals surface area contributed by atoms with Crippen LogP contribution in [-0.2, 0) is 5.60 Å². The van der Waals surface area contributed by atoms with Crippen molar-refractivity contribution in [3.63, 3.8) is 0 Å². The smallest absolute Gasteiger partial charge is 0.102 e. The van der Waals surface area contributed by atoms with Crippen molar-refractivity contribution in [3.05, 3.63) is 35.9 Å². The summed E-state index contributed by atoms with van der Waals surface area (Å²) in [5, 5.41) is 10.6. The fourth-order valence-electron chi connectivity index (χ4n) is 2.59. The molecule has 0 amide bonds. The van der Waals surface area contributed by atoms with Crippen LogP contribution in [0.25, 0.3) is 0 Å². The number of nitrogens with zero attached hydrogens (tertiary/aromatic N) is 1. The van der Waals surface area contributed by atoms with E-state index in [4.69, 9.17) is 0 Å². The molecule has 0 saturated carbocycles. The van der Waals surface area contributed by atoms with E-state index in [0.29, 0.717) is 0 Å². The maximum Gasteiger partial charge on any atom is 0.102 e. The van der Waals surface area contributed by atoms with E-state index in [2.05, 4.69) is 11.9 Å². The topological polar surface area (TPSA) is 23.5 Å². The quantitative estimate of drug-likeness (QED) is 0.798. The average Bonchev–Trinajstić information content (AvgIpc) is 2.66. The van der Waals surface area contributed by atoms with Gasteiger partial charge in [0.15, 0.2) is 0 Å². The molecule has 1 aliphatic heterocycles. The van der Waals surface area contributed by atoms with Gasteiger partial charge in [-0.05, 0) is 38.9 Å². The summed E-state index contributed by atoms with van der Waals surface area (Å²) >= 11 is 0. The van der Waals surface area contributed by atoms with Gasteiger partial charge in [0.25, 0.3) is 0 Å². The predicted molar refractivity (Wildman–Crippen MR) is 61.7 cm³/mol. The van der Waals surface area contributed by atoms with Gasteiger partial charge in [0.05, 0.1) is 0 Å². The maximum absolute atomic E-state index is 10.6. The lowest BCUT2D eigenvalue weighted by molar-refractivity contribution is -0.0152. The SMILES string of the molecule is CN1CCC[C@H]1[C@](C)(O)c1ccccc1. The first kappa shape index (κ1) is 10.7. The predicted octanol–water partition coefficient (Wildman–Crippen LogP) is 1.99. The molecule has 2 atom stereocenters. The van der Waals surface area contributed by atoms with Crippen LogP contribution in [0.15, 0.2) is 30.3 Å². The summed E-state index contributed by atoms with van der Waals surface area (Å²) < 4.78 is 0. The van der Waals surface area contributed by atoms with Crippen molar-refractivity contribution < 1.29 is 5.11 Å². The number of rotatable bonds is 2.